The molecule has 0 bridgehead atoms. The molecule has 13 heavy (non-hydrogen) atoms. The lowest BCUT2D eigenvalue weighted by molar-refractivity contribution is 0.742. The minimum atomic E-state index is 0.465. The van der Waals surface area contributed by atoms with Crippen molar-refractivity contribution >= 4 is 6.21 Å². The Balaban J connectivity index is 4.63. The topological polar surface area (TPSA) is 12.4 Å². The van der Waals surface area contributed by atoms with Crippen LogP contribution in [0.25, 0.3) is 0 Å². The monoisotopic (exact) mass is 179 g/mol. The number of nitrogens with zero attached hydrogens (tertiary/aromatic N) is 1. The Morgan fingerprint density at radius 1 is 1.15 bits per heavy atom. The molecule has 1 heteroatoms. The van der Waals surface area contributed by atoms with Gasteiger partial charge in [0.15, 0.2) is 0 Å². The molecular formula is C12H21N. The zero-order valence-electron chi connectivity index (χ0n) is 9.46. The second-order valence-electron chi connectivity index (χ2n) is 3.84. The molecule has 0 aliphatic rings. The van der Waals surface area contributed by atoms with Crippen molar-refractivity contribution < 1.29 is 0 Å². The fraction of sp³-hybridized carbons (Fsp3) is 0.583. The van der Waals surface area contributed by atoms with E-state index in [-0.39, 0.29) is 0 Å². The van der Waals surface area contributed by atoms with Crippen LogP contribution in [0.4, 0.5) is 0 Å². The lowest BCUT2D eigenvalue weighted by Crippen LogP contribution is -1.95. The van der Waals surface area contributed by atoms with Crippen LogP contribution in [-0.4, -0.2) is 6.21 Å². The molecule has 0 fully saturated rings. The Kier molecular flexibility index (Phi) is 5.36. The fourth-order valence-corrected chi connectivity index (χ4v) is 0.859. The fourth-order valence-electron chi connectivity index (χ4n) is 0.859. The summed E-state index contributed by atoms with van der Waals surface area (Å²) in [5.74, 6) is 0.965. The number of aliphatic imine (C=N–C) groups is 1. The van der Waals surface area contributed by atoms with Crippen LogP contribution >= 0.6 is 0 Å². The van der Waals surface area contributed by atoms with E-state index < -0.39 is 0 Å². The average molecular weight is 179 g/mol. The van der Waals surface area contributed by atoms with Crippen LogP contribution in [0.1, 0.15) is 34.6 Å². The molecule has 0 atom stereocenters. The maximum Gasteiger partial charge on any atom is 0.0427 e. The molecular weight excluding hydrogens is 158 g/mol. The second-order valence-corrected chi connectivity index (χ2v) is 3.84. The molecule has 0 spiro atoms. The zero-order valence-corrected chi connectivity index (χ0v) is 9.46. The smallest absolute Gasteiger partial charge is 0.0427 e. The van der Waals surface area contributed by atoms with E-state index >= 15 is 0 Å². The summed E-state index contributed by atoms with van der Waals surface area (Å²) in [7, 11) is 0. The SMILES string of the molecule is C=C(/C=C(\N=C/C)C(C)C)C(C)C. The standard InChI is InChI=1S/C12H21N/c1-7-13-12(10(4)5)8-11(6)9(2)3/h7-10H,6H2,1-5H3/b12-8-,13-7-. The highest BCUT2D eigenvalue weighted by atomic mass is 14.7. The summed E-state index contributed by atoms with van der Waals surface area (Å²) in [4.78, 5) is 4.32. The molecule has 0 N–H and O–H groups in total. The number of rotatable bonds is 4. The van der Waals surface area contributed by atoms with Gasteiger partial charge in [0.05, 0.1) is 0 Å². The largest absolute Gasteiger partial charge is 0.266 e. The molecule has 0 amide bonds. The molecule has 0 saturated heterocycles. The van der Waals surface area contributed by atoms with Crippen LogP contribution in [-0.2, 0) is 0 Å². The van der Waals surface area contributed by atoms with Crippen molar-refractivity contribution in [2.75, 3.05) is 0 Å². The predicted molar refractivity (Wildman–Crippen MR) is 61.1 cm³/mol. The van der Waals surface area contributed by atoms with Crippen molar-refractivity contribution in [1.29, 1.82) is 0 Å². The summed E-state index contributed by atoms with van der Waals surface area (Å²) in [6, 6.07) is 0. The summed E-state index contributed by atoms with van der Waals surface area (Å²) in [5, 5.41) is 0. The van der Waals surface area contributed by atoms with E-state index in [2.05, 4.69) is 45.3 Å². The van der Waals surface area contributed by atoms with E-state index in [0.717, 1.165) is 11.3 Å². The molecule has 0 rings (SSSR count). The molecule has 0 saturated carbocycles. The summed E-state index contributed by atoms with van der Waals surface area (Å²) in [5.41, 5.74) is 2.26. The average Bonchev–Trinajstić information content (AvgIpc) is 2.03. The van der Waals surface area contributed by atoms with Crippen LogP contribution in [0.5, 0.6) is 0 Å². The van der Waals surface area contributed by atoms with Gasteiger partial charge in [-0.25, -0.2) is 0 Å². The Morgan fingerprint density at radius 3 is 2.00 bits per heavy atom. The van der Waals surface area contributed by atoms with Crippen molar-refractivity contribution in [1.82, 2.24) is 0 Å². The maximum absolute atomic E-state index is 4.32. The van der Waals surface area contributed by atoms with Crippen LogP contribution in [0.3, 0.4) is 0 Å². The van der Waals surface area contributed by atoms with Gasteiger partial charge in [-0.3, -0.25) is 4.99 Å². The molecule has 0 unspecified atom stereocenters. The molecule has 74 valence electrons. The maximum atomic E-state index is 4.32. The van der Waals surface area contributed by atoms with Gasteiger partial charge in [0.2, 0.25) is 0 Å². The summed E-state index contributed by atoms with van der Waals surface area (Å²) in [6.45, 7) is 14.5. The van der Waals surface area contributed by atoms with Gasteiger partial charge in [0.25, 0.3) is 0 Å². The number of hydrogen-bond donors (Lipinski definition) is 0. The molecule has 0 aliphatic carbocycles. The van der Waals surface area contributed by atoms with Gasteiger partial charge in [0.1, 0.15) is 0 Å². The van der Waals surface area contributed by atoms with E-state index in [1.807, 2.05) is 13.1 Å². The minimum Gasteiger partial charge on any atom is -0.266 e. The van der Waals surface area contributed by atoms with Crippen LogP contribution < -0.4 is 0 Å². The molecule has 0 heterocycles. The highest BCUT2D eigenvalue weighted by Crippen LogP contribution is 2.17. The van der Waals surface area contributed by atoms with Crippen molar-refractivity contribution in [3.8, 4) is 0 Å². The number of allylic oxidation sites excluding steroid dienone is 3. The van der Waals surface area contributed by atoms with Crippen molar-refractivity contribution in [2.45, 2.75) is 34.6 Å². The second kappa shape index (κ2) is 5.74. The van der Waals surface area contributed by atoms with Gasteiger partial charge < -0.3 is 0 Å². The third-order valence-electron chi connectivity index (χ3n) is 1.94. The van der Waals surface area contributed by atoms with Crippen LogP contribution in [0, 0.1) is 11.8 Å². The van der Waals surface area contributed by atoms with E-state index in [4.69, 9.17) is 0 Å². The normalized spacial score (nSPS) is 13.3. The highest BCUT2D eigenvalue weighted by Gasteiger charge is 2.03. The summed E-state index contributed by atoms with van der Waals surface area (Å²) in [6.07, 6.45) is 3.93. The Labute approximate surface area is 82.3 Å². The third kappa shape index (κ3) is 4.66. The first kappa shape index (κ1) is 12.2. The Bertz CT molecular complexity index is 219. The molecule has 0 aliphatic heterocycles. The first-order valence-corrected chi connectivity index (χ1v) is 4.88. The van der Waals surface area contributed by atoms with E-state index in [0.29, 0.717) is 11.8 Å². The molecule has 0 aromatic heterocycles. The van der Waals surface area contributed by atoms with Crippen LogP contribution in [0.15, 0.2) is 28.9 Å². The Morgan fingerprint density at radius 2 is 1.69 bits per heavy atom. The van der Waals surface area contributed by atoms with Gasteiger partial charge >= 0.3 is 0 Å². The van der Waals surface area contributed by atoms with Gasteiger partial charge in [-0.2, -0.15) is 0 Å². The molecule has 1 nitrogen and oxygen atoms in total. The summed E-state index contributed by atoms with van der Waals surface area (Å²) >= 11 is 0. The first-order valence-electron chi connectivity index (χ1n) is 4.88. The zero-order chi connectivity index (χ0) is 10.4. The quantitative estimate of drug-likeness (QED) is 0.459. The van der Waals surface area contributed by atoms with E-state index in [9.17, 15) is 0 Å². The first-order chi connectivity index (χ1) is 5.99. The van der Waals surface area contributed by atoms with Crippen LogP contribution in [0.2, 0.25) is 0 Å². The van der Waals surface area contributed by atoms with Gasteiger partial charge in [-0.1, -0.05) is 39.8 Å². The minimum absolute atomic E-state index is 0.465. The van der Waals surface area contributed by atoms with Crippen molar-refractivity contribution in [2.24, 2.45) is 16.8 Å². The van der Waals surface area contributed by atoms with Gasteiger partial charge in [0, 0.05) is 11.9 Å². The molecule has 0 radical (unpaired) electrons. The van der Waals surface area contributed by atoms with E-state index in [1.165, 1.54) is 0 Å². The molecule has 0 aromatic carbocycles. The molecule has 0 aromatic rings. The lowest BCUT2D eigenvalue weighted by Gasteiger charge is -2.09. The predicted octanol–water partition coefficient (Wildman–Crippen LogP) is 3.83. The number of hydrogen-bond acceptors (Lipinski definition) is 1. The van der Waals surface area contributed by atoms with E-state index in [1.54, 1.807) is 0 Å². The Hall–Kier alpha value is -0.850. The van der Waals surface area contributed by atoms with Crippen molar-refractivity contribution in [3.63, 3.8) is 0 Å². The van der Waals surface area contributed by atoms with Gasteiger partial charge in [-0.15, -0.1) is 0 Å². The highest BCUT2D eigenvalue weighted by molar-refractivity contribution is 5.55. The van der Waals surface area contributed by atoms with Crippen molar-refractivity contribution in [3.05, 3.63) is 23.9 Å². The van der Waals surface area contributed by atoms with Gasteiger partial charge in [-0.05, 0) is 24.8 Å². The third-order valence-corrected chi connectivity index (χ3v) is 1.94. The summed E-state index contributed by atoms with van der Waals surface area (Å²) < 4.78 is 0. The lowest BCUT2D eigenvalue weighted by atomic mass is 10.0.